The zero-order valence-corrected chi connectivity index (χ0v) is 16.4. The Morgan fingerprint density at radius 1 is 1.22 bits per heavy atom. The summed E-state index contributed by atoms with van der Waals surface area (Å²) < 4.78 is 9.26. The van der Waals surface area contributed by atoms with Crippen LogP contribution >= 0.6 is 0 Å². The van der Waals surface area contributed by atoms with E-state index in [-0.39, 0.29) is 12.6 Å². The van der Waals surface area contributed by atoms with E-state index in [1.165, 1.54) is 0 Å². The summed E-state index contributed by atoms with van der Waals surface area (Å²) >= 11 is 0. The van der Waals surface area contributed by atoms with Gasteiger partial charge in [-0.05, 0) is 44.0 Å². The summed E-state index contributed by atoms with van der Waals surface area (Å²) in [6.45, 7) is 6.76. The van der Waals surface area contributed by atoms with Crippen LogP contribution in [-0.4, -0.2) is 37.4 Å². The molecule has 0 spiro atoms. The van der Waals surface area contributed by atoms with Gasteiger partial charge in [0.15, 0.2) is 12.4 Å². The van der Waals surface area contributed by atoms with E-state index in [0.717, 1.165) is 28.1 Å². The molecule has 0 unspecified atom stereocenters. The molecule has 0 aliphatic rings. The number of amides is 1. The first-order valence-electron chi connectivity index (χ1n) is 8.81. The average molecular weight is 367 g/mol. The molecule has 0 fully saturated rings. The van der Waals surface area contributed by atoms with Crippen LogP contribution in [0.15, 0.2) is 36.7 Å². The van der Waals surface area contributed by atoms with E-state index in [2.05, 4.69) is 10.2 Å². The predicted molar refractivity (Wildman–Crippen MR) is 103 cm³/mol. The van der Waals surface area contributed by atoms with Crippen LogP contribution in [0.2, 0.25) is 0 Å². The van der Waals surface area contributed by atoms with Gasteiger partial charge in [0.25, 0.3) is 5.91 Å². The lowest BCUT2D eigenvalue weighted by molar-refractivity contribution is 0.0777. The normalized spacial score (nSPS) is 10.9. The fraction of sp³-hybridized carbons (Fsp3) is 0.350. The van der Waals surface area contributed by atoms with Gasteiger partial charge in [-0.15, -0.1) is 0 Å². The van der Waals surface area contributed by atoms with Crippen molar-refractivity contribution in [1.29, 1.82) is 0 Å². The van der Waals surface area contributed by atoms with Gasteiger partial charge in [0, 0.05) is 38.1 Å². The summed E-state index contributed by atoms with van der Waals surface area (Å²) in [7, 11) is 3.65. The number of nitrogens with zero attached hydrogens (tertiary/aromatic N) is 5. The molecule has 7 nitrogen and oxygen atoms in total. The van der Waals surface area contributed by atoms with Gasteiger partial charge in [-0.2, -0.15) is 10.2 Å². The van der Waals surface area contributed by atoms with Gasteiger partial charge in [0.2, 0.25) is 0 Å². The van der Waals surface area contributed by atoms with E-state index < -0.39 is 0 Å². The molecule has 0 saturated carbocycles. The summed E-state index contributed by atoms with van der Waals surface area (Å²) in [6.07, 6.45) is 3.54. The third-order valence-electron chi connectivity index (χ3n) is 4.65. The first kappa shape index (κ1) is 18.7. The molecular formula is C20H25N5O2. The highest BCUT2D eigenvalue weighted by molar-refractivity contribution is 5.91. The Hall–Kier alpha value is -3.09. The van der Waals surface area contributed by atoms with Gasteiger partial charge in [-0.1, -0.05) is 12.1 Å². The van der Waals surface area contributed by atoms with E-state index in [0.29, 0.717) is 12.2 Å². The molecule has 142 valence electrons. The minimum atomic E-state index is -0.135. The van der Waals surface area contributed by atoms with Crippen LogP contribution < -0.4 is 4.74 Å². The van der Waals surface area contributed by atoms with Crippen molar-refractivity contribution >= 4 is 5.91 Å². The molecule has 1 aromatic carbocycles. The highest BCUT2D eigenvalue weighted by atomic mass is 16.5. The highest BCUT2D eigenvalue weighted by Gasteiger charge is 2.17. The van der Waals surface area contributed by atoms with Gasteiger partial charge in [-0.3, -0.25) is 9.48 Å². The Bertz CT molecular complexity index is 957. The van der Waals surface area contributed by atoms with E-state index in [9.17, 15) is 4.79 Å². The number of hydrogen-bond donors (Lipinski definition) is 0. The lowest BCUT2D eigenvalue weighted by Crippen LogP contribution is -2.27. The van der Waals surface area contributed by atoms with E-state index in [1.54, 1.807) is 39.8 Å². The topological polar surface area (TPSA) is 65.2 Å². The molecule has 0 radical (unpaired) electrons. The zero-order valence-electron chi connectivity index (χ0n) is 16.4. The van der Waals surface area contributed by atoms with Gasteiger partial charge in [0.05, 0.1) is 6.20 Å². The standard InChI is InChI=1S/C20H25N5O2/c1-14-6-7-15(2)19(10-14)27-13-25-9-8-18(22-25)20(26)23(4)12-17-11-21-24(5)16(17)3/h6-11H,12-13H2,1-5H3. The molecule has 2 aromatic heterocycles. The molecule has 3 aromatic rings. The Kier molecular flexibility index (Phi) is 5.30. The maximum absolute atomic E-state index is 12.6. The van der Waals surface area contributed by atoms with Crippen molar-refractivity contribution < 1.29 is 9.53 Å². The molecule has 2 heterocycles. The molecule has 0 atom stereocenters. The molecular weight excluding hydrogens is 342 g/mol. The number of aryl methyl sites for hydroxylation is 3. The van der Waals surface area contributed by atoms with Crippen LogP contribution in [0.25, 0.3) is 0 Å². The van der Waals surface area contributed by atoms with Crippen molar-refractivity contribution in [3.63, 3.8) is 0 Å². The molecule has 3 rings (SSSR count). The van der Waals surface area contributed by atoms with E-state index in [4.69, 9.17) is 4.74 Å². The molecule has 0 aliphatic heterocycles. The van der Waals surface area contributed by atoms with Crippen LogP contribution in [-0.2, 0) is 20.3 Å². The van der Waals surface area contributed by atoms with Crippen molar-refractivity contribution in [2.45, 2.75) is 34.0 Å². The number of rotatable bonds is 6. The number of carbonyl (C=O) groups is 1. The third kappa shape index (κ3) is 4.19. The fourth-order valence-corrected chi connectivity index (χ4v) is 2.77. The highest BCUT2D eigenvalue weighted by Crippen LogP contribution is 2.19. The lowest BCUT2D eigenvalue weighted by Gasteiger charge is -2.15. The molecule has 27 heavy (non-hydrogen) atoms. The average Bonchev–Trinajstić information content (AvgIpc) is 3.24. The quantitative estimate of drug-likeness (QED) is 0.672. The summed E-state index contributed by atoms with van der Waals surface area (Å²) in [5.41, 5.74) is 4.66. The number of hydrogen-bond acceptors (Lipinski definition) is 4. The SMILES string of the molecule is Cc1ccc(C)c(OCn2ccc(C(=O)N(C)Cc3cnn(C)c3C)n2)c1. The van der Waals surface area contributed by atoms with Crippen LogP contribution in [0.3, 0.4) is 0 Å². The van der Waals surface area contributed by atoms with E-state index >= 15 is 0 Å². The second-order valence-corrected chi connectivity index (χ2v) is 6.82. The van der Waals surface area contributed by atoms with Crippen LogP contribution in [0.4, 0.5) is 0 Å². The maximum Gasteiger partial charge on any atom is 0.274 e. The fourth-order valence-electron chi connectivity index (χ4n) is 2.77. The maximum atomic E-state index is 12.6. The zero-order chi connectivity index (χ0) is 19.6. The van der Waals surface area contributed by atoms with Gasteiger partial charge < -0.3 is 9.64 Å². The Morgan fingerprint density at radius 2 is 2.00 bits per heavy atom. The van der Waals surface area contributed by atoms with Crippen molar-refractivity contribution in [2.75, 3.05) is 7.05 Å². The summed E-state index contributed by atoms with van der Waals surface area (Å²) in [4.78, 5) is 14.3. The Balaban J connectivity index is 1.63. The molecule has 1 amide bonds. The first-order valence-corrected chi connectivity index (χ1v) is 8.81. The number of benzene rings is 1. The Morgan fingerprint density at radius 3 is 2.70 bits per heavy atom. The molecule has 0 aliphatic carbocycles. The largest absolute Gasteiger partial charge is 0.471 e. The number of aromatic nitrogens is 4. The van der Waals surface area contributed by atoms with E-state index in [1.807, 2.05) is 46.0 Å². The summed E-state index contributed by atoms with van der Waals surface area (Å²) in [5, 5.41) is 8.56. The smallest absolute Gasteiger partial charge is 0.274 e. The minimum absolute atomic E-state index is 0.135. The monoisotopic (exact) mass is 367 g/mol. The lowest BCUT2D eigenvalue weighted by atomic mass is 10.1. The molecule has 0 N–H and O–H groups in total. The second-order valence-electron chi connectivity index (χ2n) is 6.82. The van der Waals surface area contributed by atoms with Crippen molar-refractivity contribution in [3.05, 3.63) is 64.7 Å². The molecule has 0 saturated heterocycles. The summed E-state index contributed by atoms with van der Waals surface area (Å²) in [6, 6.07) is 7.78. The van der Waals surface area contributed by atoms with Gasteiger partial charge >= 0.3 is 0 Å². The van der Waals surface area contributed by atoms with Crippen LogP contribution in [0.5, 0.6) is 5.75 Å². The minimum Gasteiger partial charge on any atom is -0.471 e. The molecule has 0 bridgehead atoms. The van der Waals surface area contributed by atoms with Gasteiger partial charge in [-0.25, -0.2) is 4.68 Å². The van der Waals surface area contributed by atoms with Crippen LogP contribution in [0, 0.1) is 20.8 Å². The molecule has 7 heteroatoms. The van der Waals surface area contributed by atoms with Crippen molar-refractivity contribution in [2.24, 2.45) is 7.05 Å². The third-order valence-corrected chi connectivity index (χ3v) is 4.65. The first-order chi connectivity index (χ1) is 12.8. The van der Waals surface area contributed by atoms with Crippen molar-refractivity contribution in [1.82, 2.24) is 24.5 Å². The van der Waals surface area contributed by atoms with Crippen molar-refractivity contribution in [3.8, 4) is 5.75 Å². The number of carbonyl (C=O) groups excluding carboxylic acids is 1. The van der Waals surface area contributed by atoms with Gasteiger partial charge in [0.1, 0.15) is 5.75 Å². The Labute approximate surface area is 159 Å². The second kappa shape index (κ2) is 7.65. The summed E-state index contributed by atoms with van der Waals surface area (Å²) in [5.74, 6) is 0.686. The van der Waals surface area contributed by atoms with Crippen LogP contribution in [0.1, 0.15) is 32.9 Å². The number of ether oxygens (including phenoxy) is 1. The predicted octanol–water partition coefficient (Wildman–Crippen LogP) is 2.85.